The molecule has 0 spiro atoms. The van der Waals surface area contributed by atoms with Crippen LogP contribution in [0.25, 0.3) is 11.5 Å². The maximum Gasteiger partial charge on any atom is 0.396 e. The minimum Gasteiger partial charge on any atom is -0.459 e. The van der Waals surface area contributed by atoms with Gasteiger partial charge < -0.3 is 9.15 Å². The quantitative estimate of drug-likeness (QED) is 0.799. The van der Waals surface area contributed by atoms with Crippen molar-refractivity contribution < 1.29 is 13.9 Å². The Kier molecular flexibility index (Phi) is 3.62. The smallest absolute Gasteiger partial charge is 0.396 e. The summed E-state index contributed by atoms with van der Waals surface area (Å²) in [6, 6.07) is 5.34. The monoisotopic (exact) mass is 266 g/mol. The summed E-state index contributed by atoms with van der Waals surface area (Å²) < 4.78 is 10.0. The summed E-state index contributed by atoms with van der Waals surface area (Å²) in [5, 5.41) is 8.06. The first kappa shape index (κ1) is 12.6. The molecular formula is C12H11ClN2O3. The van der Waals surface area contributed by atoms with Crippen LogP contribution < -0.4 is 0 Å². The number of rotatable bonds is 3. The first-order valence-electron chi connectivity index (χ1n) is 5.39. The fourth-order valence-electron chi connectivity index (χ4n) is 1.45. The van der Waals surface area contributed by atoms with E-state index in [1.165, 1.54) is 0 Å². The highest BCUT2D eigenvalue weighted by Gasteiger charge is 2.18. The van der Waals surface area contributed by atoms with Gasteiger partial charge in [-0.05, 0) is 31.5 Å². The van der Waals surface area contributed by atoms with Crippen LogP contribution in [-0.4, -0.2) is 22.8 Å². The van der Waals surface area contributed by atoms with Crippen LogP contribution in [0.1, 0.15) is 23.2 Å². The second-order valence-electron chi connectivity index (χ2n) is 3.55. The lowest BCUT2D eigenvalue weighted by Crippen LogP contribution is -2.04. The highest BCUT2D eigenvalue weighted by molar-refractivity contribution is 6.31. The zero-order valence-electron chi connectivity index (χ0n) is 9.94. The molecule has 18 heavy (non-hydrogen) atoms. The van der Waals surface area contributed by atoms with E-state index in [-0.39, 0.29) is 18.4 Å². The number of benzene rings is 1. The van der Waals surface area contributed by atoms with Crippen molar-refractivity contribution in [2.45, 2.75) is 13.8 Å². The highest BCUT2D eigenvalue weighted by atomic mass is 35.5. The molecule has 5 nitrogen and oxygen atoms in total. The first-order valence-corrected chi connectivity index (χ1v) is 5.77. The third kappa shape index (κ3) is 2.36. The summed E-state index contributed by atoms with van der Waals surface area (Å²) in [7, 11) is 0. The Hall–Kier alpha value is -1.88. The van der Waals surface area contributed by atoms with Crippen LogP contribution in [0.2, 0.25) is 5.02 Å². The van der Waals surface area contributed by atoms with E-state index in [1.54, 1.807) is 25.1 Å². The Bertz CT molecular complexity index is 580. The van der Waals surface area contributed by atoms with Gasteiger partial charge in [0, 0.05) is 10.6 Å². The van der Waals surface area contributed by atoms with Gasteiger partial charge in [0.1, 0.15) is 0 Å². The zero-order valence-corrected chi connectivity index (χ0v) is 10.7. The molecule has 1 heterocycles. The predicted molar refractivity (Wildman–Crippen MR) is 65.4 cm³/mol. The Morgan fingerprint density at radius 2 is 2.22 bits per heavy atom. The van der Waals surface area contributed by atoms with Crippen LogP contribution in [0.15, 0.2) is 22.6 Å². The van der Waals surface area contributed by atoms with Crippen LogP contribution in [0.5, 0.6) is 0 Å². The fraction of sp³-hybridized carbons (Fsp3) is 0.250. The lowest BCUT2D eigenvalue weighted by molar-refractivity contribution is 0.0481. The lowest BCUT2D eigenvalue weighted by atomic mass is 10.1. The third-order valence-electron chi connectivity index (χ3n) is 2.37. The Morgan fingerprint density at radius 3 is 2.94 bits per heavy atom. The molecule has 0 radical (unpaired) electrons. The topological polar surface area (TPSA) is 65.2 Å². The van der Waals surface area contributed by atoms with Gasteiger partial charge in [-0.2, -0.15) is 0 Å². The van der Waals surface area contributed by atoms with E-state index in [0.717, 1.165) is 5.56 Å². The van der Waals surface area contributed by atoms with E-state index in [0.29, 0.717) is 10.6 Å². The zero-order chi connectivity index (χ0) is 13.1. The second kappa shape index (κ2) is 5.18. The summed E-state index contributed by atoms with van der Waals surface area (Å²) in [5.74, 6) is -0.541. The van der Waals surface area contributed by atoms with Crippen molar-refractivity contribution in [2.75, 3.05) is 6.61 Å². The third-order valence-corrected chi connectivity index (χ3v) is 2.78. The molecule has 0 saturated carbocycles. The molecule has 0 aliphatic heterocycles. The minimum absolute atomic E-state index is 0.161. The SMILES string of the molecule is CCOC(=O)c1nnc(-c2cccc(Cl)c2C)o1. The van der Waals surface area contributed by atoms with E-state index < -0.39 is 5.97 Å². The number of ether oxygens (including phenoxy) is 1. The van der Waals surface area contributed by atoms with E-state index in [2.05, 4.69) is 10.2 Å². The summed E-state index contributed by atoms with van der Waals surface area (Å²) in [4.78, 5) is 11.4. The van der Waals surface area contributed by atoms with Gasteiger partial charge in [-0.25, -0.2) is 4.79 Å². The van der Waals surface area contributed by atoms with E-state index in [9.17, 15) is 4.79 Å². The molecule has 0 amide bonds. The van der Waals surface area contributed by atoms with Crippen molar-refractivity contribution >= 4 is 17.6 Å². The Labute approximate surface area is 109 Å². The average molecular weight is 267 g/mol. The largest absolute Gasteiger partial charge is 0.459 e. The molecule has 0 bridgehead atoms. The van der Waals surface area contributed by atoms with Gasteiger partial charge in [0.2, 0.25) is 5.89 Å². The maximum absolute atomic E-state index is 11.4. The Balaban J connectivity index is 2.35. The molecule has 6 heteroatoms. The molecule has 2 aromatic rings. The number of aromatic nitrogens is 2. The van der Waals surface area contributed by atoms with Crippen molar-refractivity contribution in [1.29, 1.82) is 0 Å². The first-order chi connectivity index (χ1) is 8.63. The maximum atomic E-state index is 11.4. The number of esters is 1. The Morgan fingerprint density at radius 1 is 1.44 bits per heavy atom. The molecule has 0 saturated heterocycles. The molecule has 2 rings (SSSR count). The second-order valence-corrected chi connectivity index (χ2v) is 3.95. The van der Waals surface area contributed by atoms with Crippen molar-refractivity contribution in [3.63, 3.8) is 0 Å². The normalized spacial score (nSPS) is 10.4. The van der Waals surface area contributed by atoms with Crippen molar-refractivity contribution in [3.05, 3.63) is 34.7 Å². The number of carbonyl (C=O) groups excluding carboxylic acids is 1. The summed E-state index contributed by atoms with van der Waals surface area (Å²) in [6.07, 6.45) is 0. The van der Waals surface area contributed by atoms with Gasteiger partial charge in [-0.15, -0.1) is 10.2 Å². The minimum atomic E-state index is -0.629. The summed E-state index contributed by atoms with van der Waals surface area (Å²) >= 11 is 6.00. The highest BCUT2D eigenvalue weighted by Crippen LogP contribution is 2.27. The number of nitrogens with zero attached hydrogens (tertiary/aromatic N) is 2. The molecule has 0 aliphatic rings. The van der Waals surface area contributed by atoms with Crippen LogP contribution in [0, 0.1) is 6.92 Å². The standard InChI is InChI=1S/C12H11ClN2O3/c1-3-17-12(16)11-15-14-10(18-11)8-5-4-6-9(13)7(8)2/h4-6H,3H2,1-2H3. The molecule has 94 valence electrons. The van der Waals surface area contributed by atoms with Crippen LogP contribution in [0.3, 0.4) is 0 Å². The average Bonchev–Trinajstić information content (AvgIpc) is 2.82. The van der Waals surface area contributed by atoms with Crippen molar-refractivity contribution in [3.8, 4) is 11.5 Å². The predicted octanol–water partition coefficient (Wildman–Crippen LogP) is 2.88. The molecule has 0 unspecified atom stereocenters. The number of hydrogen-bond acceptors (Lipinski definition) is 5. The molecular weight excluding hydrogens is 256 g/mol. The number of carbonyl (C=O) groups is 1. The van der Waals surface area contributed by atoms with Gasteiger partial charge in [-0.3, -0.25) is 0 Å². The summed E-state index contributed by atoms with van der Waals surface area (Å²) in [5.41, 5.74) is 1.52. The number of halogens is 1. The van der Waals surface area contributed by atoms with Crippen LogP contribution in [0.4, 0.5) is 0 Å². The van der Waals surface area contributed by atoms with E-state index in [4.69, 9.17) is 20.8 Å². The van der Waals surface area contributed by atoms with Crippen LogP contribution >= 0.6 is 11.6 Å². The van der Waals surface area contributed by atoms with Gasteiger partial charge in [0.25, 0.3) is 0 Å². The van der Waals surface area contributed by atoms with Gasteiger partial charge >= 0.3 is 11.9 Å². The van der Waals surface area contributed by atoms with Gasteiger partial charge in [0.15, 0.2) is 0 Å². The lowest BCUT2D eigenvalue weighted by Gasteiger charge is -2.02. The van der Waals surface area contributed by atoms with E-state index >= 15 is 0 Å². The molecule has 0 atom stereocenters. The summed E-state index contributed by atoms with van der Waals surface area (Å²) in [6.45, 7) is 3.80. The molecule has 1 aromatic heterocycles. The van der Waals surface area contributed by atoms with Crippen molar-refractivity contribution in [1.82, 2.24) is 10.2 Å². The molecule has 0 fully saturated rings. The van der Waals surface area contributed by atoms with Gasteiger partial charge in [0.05, 0.1) is 6.61 Å². The van der Waals surface area contributed by atoms with Crippen LogP contribution in [-0.2, 0) is 4.74 Å². The van der Waals surface area contributed by atoms with E-state index in [1.807, 2.05) is 6.92 Å². The van der Waals surface area contributed by atoms with Gasteiger partial charge in [-0.1, -0.05) is 17.7 Å². The molecule has 0 N–H and O–H groups in total. The fourth-order valence-corrected chi connectivity index (χ4v) is 1.62. The van der Waals surface area contributed by atoms with Crippen molar-refractivity contribution in [2.24, 2.45) is 0 Å². The molecule has 1 aromatic carbocycles. The number of hydrogen-bond donors (Lipinski definition) is 0. The molecule has 0 aliphatic carbocycles.